The molecule has 0 aliphatic heterocycles. The number of para-hydroxylation sites is 1. The Balaban J connectivity index is 1.90. The highest BCUT2D eigenvalue weighted by molar-refractivity contribution is 6.32. The number of halogens is 1. The molecular formula is C17H16ClNO. The fourth-order valence-corrected chi connectivity index (χ4v) is 2.60. The number of benzene rings is 2. The number of hydrogen-bond acceptors (Lipinski definition) is 1. The van der Waals surface area contributed by atoms with Gasteiger partial charge < -0.3 is 9.30 Å². The van der Waals surface area contributed by atoms with E-state index in [0.717, 1.165) is 5.75 Å². The smallest absolute Gasteiger partial charge is 0.138 e. The van der Waals surface area contributed by atoms with Gasteiger partial charge in [0.25, 0.3) is 0 Å². The topological polar surface area (TPSA) is 14.2 Å². The molecule has 0 fully saturated rings. The number of fused-ring (bicyclic) bond motifs is 1. The maximum absolute atomic E-state index is 6.10. The Morgan fingerprint density at radius 3 is 2.75 bits per heavy atom. The molecule has 0 atom stereocenters. The highest BCUT2D eigenvalue weighted by Gasteiger charge is 2.08. The molecule has 0 aliphatic carbocycles. The zero-order valence-electron chi connectivity index (χ0n) is 11.6. The second-order valence-electron chi connectivity index (χ2n) is 5.00. The zero-order valence-corrected chi connectivity index (χ0v) is 12.3. The summed E-state index contributed by atoms with van der Waals surface area (Å²) in [6, 6.07) is 14.0. The van der Waals surface area contributed by atoms with Crippen LogP contribution in [0.4, 0.5) is 0 Å². The molecule has 3 heteroatoms. The van der Waals surface area contributed by atoms with E-state index < -0.39 is 0 Å². The van der Waals surface area contributed by atoms with Crippen molar-refractivity contribution in [3.05, 3.63) is 64.8 Å². The fourth-order valence-electron chi connectivity index (χ4n) is 2.41. The van der Waals surface area contributed by atoms with Crippen LogP contribution in [0.25, 0.3) is 10.9 Å². The molecule has 0 amide bonds. The van der Waals surface area contributed by atoms with Crippen LogP contribution in [0.15, 0.2) is 48.7 Å². The van der Waals surface area contributed by atoms with Gasteiger partial charge in [-0.2, -0.15) is 0 Å². The van der Waals surface area contributed by atoms with Crippen LogP contribution in [0.3, 0.4) is 0 Å². The van der Waals surface area contributed by atoms with Crippen LogP contribution in [0.1, 0.15) is 11.1 Å². The van der Waals surface area contributed by atoms with Gasteiger partial charge in [-0.25, -0.2) is 0 Å². The fraction of sp³-hybridized carbons (Fsp3) is 0.176. The third-order valence-corrected chi connectivity index (χ3v) is 3.76. The summed E-state index contributed by atoms with van der Waals surface area (Å²) in [5.74, 6) is 0.721. The molecule has 0 saturated carbocycles. The molecule has 0 spiro atoms. The maximum atomic E-state index is 6.10. The summed E-state index contributed by atoms with van der Waals surface area (Å²) in [7, 11) is 2.06. The average molecular weight is 286 g/mol. The van der Waals surface area contributed by atoms with Gasteiger partial charge in [-0.05, 0) is 30.7 Å². The summed E-state index contributed by atoms with van der Waals surface area (Å²) in [6.45, 7) is 2.62. The summed E-state index contributed by atoms with van der Waals surface area (Å²) in [4.78, 5) is 0. The standard InChI is InChI=1S/C17H16ClNO/c1-12-7-8-14-13(10-19(2)16(14)9-12)11-20-17-6-4-3-5-15(17)18/h3-10H,11H2,1-2H3. The molecule has 1 heterocycles. The Labute approximate surface area is 123 Å². The maximum Gasteiger partial charge on any atom is 0.138 e. The van der Waals surface area contributed by atoms with E-state index in [1.165, 1.54) is 22.0 Å². The first-order valence-corrected chi connectivity index (χ1v) is 6.95. The number of nitrogens with zero attached hydrogens (tertiary/aromatic N) is 1. The Bertz CT molecular complexity index is 761. The lowest BCUT2D eigenvalue weighted by Gasteiger charge is -2.07. The number of aryl methyl sites for hydroxylation is 2. The molecule has 0 radical (unpaired) electrons. The monoisotopic (exact) mass is 285 g/mol. The number of ether oxygens (including phenoxy) is 1. The molecule has 2 nitrogen and oxygen atoms in total. The second kappa shape index (κ2) is 5.22. The molecule has 1 aromatic heterocycles. The lowest BCUT2D eigenvalue weighted by Crippen LogP contribution is -1.95. The van der Waals surface area contributed by atoms with E-state index in [0.29, 0.717) is 11.6 Å². The minimum absolute atomic E-state index is 0.518. The summed E-state index contributed by atoms with van der Waals surface area (Å²) < 4.78 is 7.96. The van der Waals surface area contributed by atoms with Gasteiger partial charge in [-0.3, -0.25) is 0 Å². The predicted octanol–water partition coefficient (Wildman–Crippen LogP) is 4.72. The van der Waals surface area contributed by atoms with Crippen LogP contribution in [0, 0.1) is 6.92 Å². The number of rotatable bonds is 3. The molecule has 3 rings (SSSR count). The van der Waals surface area contributed by atoms with Crippen LogP contribution in [0.5, 0.6) is 5.75 Å². The van der Waals surface area contributed by atoms with Crippen molar-refractivity contribution in [3.63, 3.8) is 0 Å². The predicted molar refractivity (Wildman–Crippen MR) is 83.4 cm³/mol. The molecule has 102 valence electrons. The highest BCUT2D eigenvalue weighted by atomic mass is 35.5. The summed E-state index contributed by atoms with van der Waals surface area (Å²) in [5, 5.41) is 1.87. The Morgan fingerprint density at radius 1 is 1.15 bits per heavy atom. The number of hydrogen-bond donors (Lipinski definition) is 0. The van der Waals surface area contributed by atoms with Crippen molar-refractivity contribution in [3.8, 4) is 5.75 Å². The van der Waals surface area contributed by atoms with Crippen molar-refractivity contribution in [1.29, 1.82) is 0 Å². The van der Waals surface area contributed by atoms with Crippen LogP contribution >= 0.6 is 11.6 Å². The Hall–Kier alpha value is -1.93. The van der Waals surface area contributed by atoms with E-state index in [2.05, 4.69) is 42.9 Å². The van der Waals surface area contributed by atoms with E-state index in [9.17, 15) is 0 Å². The van der Waals surface area contributed by atoms with Crippen molar-refractivity contribution in [1.82, 2.24) is 4.57 Å². The Kier molecular flexibility index (Phi) is 3.41. The second-order valence-corrected chi connectivity index (χ2v) is 5.41. The van der Waals surface area contributed by atoms with E-state index in [1.807, 2.05) is 24.3 Å². The van der Waals surface area contributed by atoms with Gasteiger partial charge in [-0.1, -0.05) is 35.9 Å². The summed E-state index contributed by atoms with van der Waals surface area (Å²) in [5.41, 5.74) is 3.66. The summed E-state index contributed by atoms with van der Waals surface area (Å²) >= 11 is 6.10. The molecule has 0 aliphatic rings. The number of aromatic nitrogens is 1. The van der Waals surface area contributed by atoms with E-state index in [1.54, 1.807) is 0 Å². The summed E-state index contributed by atoms with van der Waals surface area (Å²) in [6.07, 6.45) is 2.11. The molecule has 0 unspecified atom stereocenters. The van der Waals surface area contributed by atoms with Gasteiger partial charge >= 0.3 is 0 Å². The van der Waals surface area contributed by atoms with Crippen molar-refractivity contribution < 1.29 is 4.74 Å². The third kappa shape index (κ3) is 2.39. The van der Waals surface area contributed by atoms with E-state index >= 15 is 0 Å². The lowest BCUT2D eigenvalue weighted by molar-refractivity contribution is 0.307. The minimum Gasteiger partial charge on any atom is -0.487 e. The van der Waals surface area contributed by atoms with Crippen LogP contribution < -0.4 is 4.74 Å². The zero-order chi connectivity index (χ0) is 14.1. The molecule has 0 N–H and O–H groups in total. The quantitative estimate of drug-likeness (QED) is 0.679. The van der Waals surface area contributed by atoms with Crippen LogP contribution in [-0.2, 0) is 13.7 Å². The van der Waals surface area contributed by atoms with Gasteiger partial charge in [0.2, 0.25) is 0 Å². The molecule has 3 aromatic rings. The first-order chi connectivity index (χ1) is 9.65. The van der Waals surface area contributed by atoms with Gasteiger partial charge in [0.1, 0.15) is 12.4 Å². The van der Waals surface area contributed by atoms with E-state index in [4.69, 9.17) is 16.3 Å². The van der Waals surface area contributed by atoms with Crippen molar-refractivity contribution in [2.24, 2.45) is 7.05 Å². The SMILES string of the molecule is Cc1ccc2c(COc3ccccc3Cl)cn(C)c2c1. The van der Waals surface area contributed by atoms with Crippen molar-refractivity contribution in [2.45, 2.75) is 13.5 Å². The largest absolute Gasteiger partial charge is 0.487 e. The highest BCUT2D eigenvalue weighted by Crippen LogP contribution is 2.27. The molecule has 0 bridgehead atoms. The Morgan fingerprint density at radius 2 is 1.95 bits per heavy atom. The van der Waals surface area contributed by atoms with Gasteiger partial charge in [0.05, 0.1) is 5.02 Å². The average Bonchev–Trinajstić information content (AvgIpc) is 2.74. The molecule has 20 heavy (non-hydrogen) atoms. The van der Waals surface area contributed by atoms with Crippen LogP contribution in [-0.4, -0.2) is 4.57 Å². The van der Waals surface area contributed by atoms with Crippen molar-refractivity contribution in [2.75, 3.05) is 0 Å². The van der Waals surface area contributed by atoms with E-state index in [-0.39, 0.29) is 0 Å². The van der Waals surface area contributed by atoms with Crippen LogP contribution in [0.2, 0.25) is 5.02 Å². The van der Waals surface area contributed by atoms with Gasteiger partial charge in [0, 0.05) is 29.7 Å². The molecule has 0 saturated heterocycles. The van der Waals surface area contributed by atoms with Crippen molar-refractivity contribution >= 4 is 22.5 Å². The molecular weight excluding hydrogens is 270 g/mol. The van der Waals surface area contributed by atoms with Gasteiger partial charge in [0.15, 0.2) is 0 Å². The minimum atomic E-state index is 0.518. The third-order valence-electron chi connectivity index (χ3n) is 3.45. The normalized spacial score (nSPS) is 10.9. The molecule has 2 aromatic carbocycles. The first-order valence-electron chi connectivity index (χ1n) is 6.57. The lowest BCUT2D eigenvalue weighted by atomic mass is 10.1. The van der Waals surface area contributed by atoms with Gasteiger partial charge in [-0.15, -0.1) is 0 Å². The first kappa shape index (κ1) is 13.1.